The van der Waals surface area contributed by atoms with Crippen LogP contribution >= 0.6 is 11.9 Å². The van der Waals surface area contributed by atoms with Crippen molar-refractivity contribution in [3.8, 4) is 0 Å². The minimum absolute atomic E-state index is 0.0493. The van der Waals surface area contributed by atoms with Crippen LogP contribution in [0.25, 0.3) is 0 Å². The number of carbonyl (C=O) groups excluding carboxylic acids is 1. The minimum atomic E-state index is 0.0493. The molecule has 0 heterocycles. The third-order valence-electron chi connectivity index (χ3n) is 4.81. The van der Waals surface area contributed by atoms with Crippen LogP contribution in [0.15, 0.2) is 83.3 Å². The molecule has 1 atom stereocenters. The van der Waals surface area contributed by atoms with E-state index in [-0.39, 0.29) is 11.9 Å². The normalized spacial score (nSPS) is 14.4. The summed E-state index contributed by atoms with van der Waals surface area (Å²) in [6.45, 7) is 2.66. The van der Waals surface area contributed by atoms with Gasteiger partial charge in [-0.2, -0.15) is 0 Å². The molecule has 0 radical (unpaired) electrons. The predicted octanol–water partition coefficient (Wildman–Crippen LogP) is 5.51. The second-order valence-electron chi connectivity index (χ2n) is 7.07. The van der Waals surface area contributed by atoms with E-state index in [1.807, 2.05) is 18.2 Å². The van der Waals surface area contributed by atoms with E-state index in [1.54, 1.807) is 11.9 Å². The molecule has 0 aromatic heterocycles. The maximum atomic E-state index is 12.3. The van der Waals surface area contributed by atoms with Crippen molar-refractivity contribution >= 4 is 17.9 Å². The molecule has 0 aliphatic heterocycles. The van der Waals surface area contributed by atoms with E-state index >= 15 is 0 Å². The summed E-state index contributed by atoms with van der Waals surface area (Å²) >= 11 is 1.60. The fourth-order valence-electron chi connectivity index (χ4n) is 3.09. The highest BCUT2D eigenvalue weighted by atomic mass is 32.2. The number of hydrogen-bond donors (Lipinski definition) is 2. The van der Waals surface area contributed by atoms with Crippen molar-refractivity contribution in [1.82, 2.24) is 10.0 Å². The van der Waals surface area contributed by atoms with Gasteiger partial charge in [0.15, 0.2) is 0 Å². The van der Waals surface area contributed by atoms with Gasteiger partial charge in [-0.1, -0.05) is 71.8 Å². The highest BCUT2D eigenvalue weighted by Crippen LogP contribution is 2.21. The Balaban J connectivity index is 1.52. The summed E-state index contributed by atoms with van der Waals surface area (Å²) < 4.78 is 3.51. The Kier molecular flexibility index (Phi) is 7.94. The van der Waals surface area contributed by atoms with Crippen LogP contribution in [0, 0.1) is 6.92 Å². The third-order valence-corrected chi connectivity index (χ3v) is 5.72. The molecule has 0 fully saturated rings. The molecule has 2 aromatic rings. The molecule has 1 aliphatic carbocycles. The molecule has 4 heteroatoms. The Labute approximate surface area is 172 Å². The molecule has 3 nitrogen and oxygen atoms in total. The number of allylic oxidation sites excluding steroid dienone is 4. The maximum Gasteiger partial charge on any atom is 0.220 e. The van der Waals surface area contributed by atoms with Crippen LogP contribution < -0.4 is 10.0 Å². The van der Waals surface area contributed by atoms with Crippen molar-refractivity contribution in [2.45, 2.75) is 43.5 Å². The zero-order chi connectivity index (χ0) is 19.6. The molecule has 1 amide bonds. The second-order valence-corrected chi connectivity index (χ2v) is 7.99. The number of aryl methyl sites for hydroxylation is 1. The maximum absolute atomic E-state index is 12.3. The zero-order valence-electron chi connectivity index (χ0n) is 16.4. The van der Waals surface area contributed by atoms with Gasteiger partial charge >= 0.3 is 0 Å². The van der Waals surface area contributed by atoms with Gasteiger partial charge in [0.05, 0.1) is 6.04 Å². The van der Waals surface area contributed by atoms with E-state index in [0.717, 1.165) is 24.2 Å². The topological polar surface area (TPSA) is 41.1 Å². The average Bonchev–Trinajstić information content (AvgIpc) is 2.75. The lowest BCUT2D eigenvalue weighted by molar-refractivity contribution is -0.121. The molecule has 0 spiro atoms. The smallest absolute Gasteiger partial charge is 0.220 e. The first kappa shape index (κ1) is 20.4. The largest absolute Gasteiger partial charge is 0.354 e. The summed E-state index contributed by atoms with van der Waals surface area (Å²) in [6.07, 6.45) is 9.96. The van der Waals surface area contributed by atoms with Crippen molar-refractivity contribution in [1.29, 1.82) is 0 Å². The zero-order valence-corrected chi connectivity index (χ0v) is 17.2. The minimum Gasteiger partial charge on any atom is -0.354 e. The fourth-order valence-corrected chi connectivity index (χ4v) is 3.86. The number of benzene rings is 2. The van der Waals surface area contributed by atoms with Gasteiger partial charge in [-0.05, 0) is 55.8 Å². The molecule has 1 aliphatic rings. The molecule has 0 bridgehead atoms. The summed E-state index contributed by atoms with van der Waals surface area (Å²) in [7, 11) is 0. The van der Waals surface area contributed by atoms with Crippen molar-refractivity contribution in [2.24, 2.45) is 0 Å². The molecule has 2 aromatic carbocycles. The SMILES string of the molecule is Cc1ccc(SNC(CNC(=O)CCC2=CCC=CC2)c2ccccc2)cc1. The number of rotatable bonds is 9. The van der Waals surface area contributed by atoms with Crippen LogP contribution in [0.4, 0.5) is 0 Å². The quantitative estimate of drug-likeness (QED) is 0.437. The summed E-state index contributed by atoms with van der Waals surface area (Å²) in [5.74, 6) is 0.110. The lowest BCUT2D eigenvalue weighted by atomic mass is 10.0. The van der Waals surface area contributed by atoms with Gasteiger partial charge in [0.1, 0.15) is 0 Å². The highest BCUT2D eigenvalue weighted by molar-refractivity contribution is 7.97. The Bertz CT molecular complexity index is 812. The van der Waals surface area contributed by atoms with E-state index in [2.05, 4.69) is 71.6 Å². The van der Waals surface area contributed by atoms with Crippen LogP contribution in [0.5, 0.6) is 0 Å². The van der Waals surface area contributed by atoms with Crippen molar-refractivity contribution in [3.05, 3.63) is 89.5 Å². The van der Waals surface area contributed by atoms with Gasteiger partial charge < -0.3 is 5.32 Å². The first-order chi connectivity index (χ1) is 13.7. The van der Waals surface area contributed by atoms with Gasteiger partial charge in [-0.15, -0.1) is 0 Å². The average molecular weight is 393 g/mol. The third kappa shape index (κ3) is 6.70. The van der Waals surface area contributed by atoms with Crippen LogP contribution in [-0.4, -0.2) is 12.5 Å². The molecular formula is C24H28N2OS. The molecular weight excluding hydrogens is 364 g/mol. The van der Waals surface area contributed by atoms with Gasteiger partial charge in [0.2, 0.25) is 5.91 Å². The lowest BCUT2D eigenvalue weighted by Gasteiger charge is -2.19. The number of hydrogen-bond acceptors (Lipinski definition) is 3. The summed E-state index contributed by atoms with van der Waals surface area (Å²) in [6, 6.07) is 18.8. The van der Waals surface area contributed by atoms with Crippen molar-refractivity contribution in [3.63, 3.8) is 0 Å². The number of carbonyl (C=O) groups is 1. The van der Waals surface area contributed by atoms with Crippen LogP contribution in [0.3, 0.4) is 0 Å². The van der Waals surface area contributed by atoms with Gasteiger partial charge in [0.25, 0.3) is 0 Å². The monoisotopic (exact) mass is 392 g/mol. The van der Waals surface area contributed by atoms with Crippen molar-refractivity contribution < 1.29 is 4.79 Å². The van der Waals surface area contributed by atoms with Crippen LogP contribution in [-0.2, 0) is 4.79 Å². The van der Waals surface area contributed by atoms with Crippen LogP contribution in [0.1, 0.15) is 42.9 Å². The Morgan fingerprint density at radius 1 is 1.07 bits per heavy atom. The highest BCUT2D eigenvalue weighted by Gasteiger charge is 2.13. The predicted molar refractivity (Wildman–Crippen MR) is 118 cm³/mol. The summed E-state index contributed by atoms with van der Waals surface area (Å²) in [5.41, 5.74) is 3.78. The van der Waals surface area contributed by atoms with Gasteiger partial charge in [0, 0.05) is 17.9 Å². The fraction of sp³-hybridized carbons (Fsp3) is 0.292. The van der Waals surface area contributed by atoms with E-state index in [9.17, 15) is 4.79 Å². The van der Waals surface area contributed by atoms with Crippen LogP contribution in [0.2, 0.25) is 0 Å². The lowest BCUT2D eigenvalue weighted by Crippen LogP contribution is -2.32. The van der Waals surface area contributed by atoms with E-state index in [1.165, 1.54) is 16.7 Å². The van der Waals surface area contributed by atoms with Crippen molar-refractivity contribution in [2.75, 3.05) is 6.54 Å². The first-order valence-electron chi connectivity index (χ1n) is 9.84. The number of nitrogens with one attached hydrogen (secondary N) is 2. The van der Waals surface area contributed by atoms with E-state index in [0.29, 0.717) is 13.0 Å². The summed E-state index contributed by atoms with van der Waals surface area (Å²) in [5, 5.41) is 3.11. The Morgan fingerprint density at radius 3 is 2.57 bits per heavy atom. The molecule has 1 unspecified atom stereocenters. The van der Waals surface area contributed by atoms with E-state index < -0.39 is 0 Å². The summed E-state index contributed by atoms with van der Waals surface area (Å²) in [4.78, 5) is 13.5. The van der Waals surface area contributed by atoms with Gasteiger partial charge in [-0.3, -0.25) is 9.52 Å². The first-order valence-corrected chi connectivity index (χ1v) is 10.7. The molecule has 2 N–H and O–H groups in total. The number of amides is 1. The second kappa shape index (κ2) is 10.9. The van der Waals surface area contributed by atoms with Gasteiger partial charge in [-0.25, -0.2) is 0 Å². The standard InChI is InChI=1S/C24H28N2OS/c1-19-12-15-22(16-13-19)28-26-23(21-10-6-3-7-11-21)18-25-24(27)17-14-20-8-4-2-5-9-20/h2-4,6-7,9-13,15-16,23,26H,5,8,14,17-18H2,1H3,(H,25,27). The molecule has 0 saturated carbocycles. The molecule has 146 valence electrons. The Morgan fingerprint density at radius 2 is 1.86 bits per heavy atom. The Hall–Kier alpha value is -2.30. The molecule has 28 heavy (non-hydrogen) atoms. The molecule has 0 saturated heterocycles. The van der Waals surface area contributed by atoms with E-state index in [4.69, 9.17) is 0 Å². The molecule has 3 rings (SSSR count).